The Hall–Kier alpha value is -2.11. The van der Waals surface area contributed by atoms with Gasteiger partial charge in [0.05, 0.1) is 18.7 Å². The molecular formula is C22H26ClN3O2. The number of ether oxygens (including phenoxy) is 1. The van der Waals surface area contributed by atoms with Crippen molar-refractivity contribution >= 4 is 23.3 Å². The summed E-state index contributed by atoms with van der Waals surface area (Å²) in [4.78, 5) is 21.7. The summed E-state index contributed by atoms with van der Waals surface area (Å²) in [5.41, 5.74) is 1.67. The number of rotatable bonds is 3. The van der Waals surface area contributed by atoms with E-state index in [9.17, 15) is 4.79 Å². The third-order valence-electron chi connectivity index (χ3n) is 5.52. The van der Waals surface area contributed by atoms with Crippen LogP contribution in [0.2, 0.25) is 5.02 Å². The molecule has 0 spiro atoms. The minimum Gasteiger partial charge on any atom is -0.370 e. The molecule has 1 aromatic carbocycles. The normalized spacial score (nSPS) is 20.7. The Morgan fingerprint density at radius 3 is 2.43 bits per heavy atom. The summed E-state index contributed by atoms with van der Waals surface area (Å²) >= 11 is 5.97. The Morgan fingerprint density at radius 2 is 1.75 bits per heavy atom. The molecule has 0 aliphatic carbocycles. The van der Waals surface area contributed by atoms with E-state index >= 15 is 0 Å². The second-order valence-electron chi connectivity index (χ2n) is 7.47. The first-order chi connectivity index (χ1) is 13.7. The predicted molar refractivity (Wildman–Crippen MR) is 111 cm³/mol. The molecule has 0 bridgehead atoms. The lowest BCUT2D eigenvalue weighted by atomic mass is 10.1. The van der Waals surface area contributed by atoms with Crippen LogP contribution in [-0.4, -0.2) is 48.6 Å². The lowest BCUT2D eigenvalue weighted by Crippen LogP contribution is -2.42. The predicted octanol–water partition coefficient (Wildman–Crippen LogP) is 4.33. The van der Waals surface area contributed by atoms with Crippen LogP contribution in [0.3, 0.4) is 0 Å². The Balaban J connectivity index is 1.42. The van der Waals surface area contributed by atoms with Crippen LogP contribution in [0.25, 0.3) is 0 Å². The maximum Gasteiger partial charge on any atom is 0.255 e. The molecule has 4 rings (SSSR count). The van der Waals surface area contributed by atoms with Crippen molar-refractivity contribution in [2.75, 3.05) is 37.7 Å². The molecule has 0 unspecified atom stereocenters. The number of hydrogen-bond acceptors (Lipinski definition) is 4. The number of pyridine rings is 1. The summed E-state index contributed by atoms with van der Waals surface area (Å²) < 4.78 is 5.87. The van der Waals surface area contributed by atoms with Gasteiger partial charge in [-0.15, -0.1) is 0 Å². The number of nitrogens with zero attached hydrogens (tertiary/aromatic N) is 3. The second-order valence-corrected chi connectivity index (χ2v) is 7.90. The Bertz CT molecular complexity index is 786. The fourth-order valence-corrected chi connectivity index (χ4v) is 4.02. The molecule has 0 N–H and O–H groups in total. The molecule has 0 saturated carbocycles. The van der Waals surface area contributed by atoms with Crippen molar-refractivity contribution in [3.8, 4) is 0 Å². The molecule has 2 fully saturated rings. The number of morpholine rings is 1. The van der Waals surface area contributed by atoms with Crippen molar-refractivity contribution in [1.29, 1.82) is 0 Å². The molecule has 28 heavy (non-hydrogen) atoms. The van der Waals surface area contributed by atoms with E-state index in [1.54, 1.807) is 6.20 Å². The van der Waals surface area contributed by atoms with Crippen LogP contribution >= 0.6 is 11.6 Å². The lowest BCUT2D eigenvalue weighted by molar-refractivity contribution is -0.0228. The SMILES string of the molecule is O=C(c1ccc(N2CCCCCC2)nc1)N1CCO[C@H](c2ccc(Cl)cc2)C1. The monoisotopic (exact) mass is 399 g/mol. The summed E-state index contributed by atoms with van der Waals surface area (Å²) in [6.45, 7) is 3.75. The van der Waals surface area contributed by atoms with Crippen molar-refractivity contribution in [1.82, 2.24) is 9.88 Å². The lowest BCUT2D eigenvalue weighted by Gasteiger charge is -2.33. The third-order valence-corrected chi connectivity index (χ3v) is 5.77. The summed E-state index contributed by atoms with van der Waals surface area (Å²) in [6, 6.07) is 11.5. The molecular weight excluding hydrogens is 374 g/mol. The topological polar surface area (TPSA) is 45.7 Å². The van der Waals surface area contributed by atoms with Gasteiger partial charge >= 0.3 is 0 Å². The van der Waals surface area contributed by atoms with Gasteiger partial charge in [0.25, 0.3) is 5.91 Å². The van der Waals surface area contributed by atoms with E-state index in [4.69, 9.17) is 16.3 Å². The standard InChI is InChI=1S/C22H26ClN3O2/c23-19-8-5-17(6-9-19)20-16-26(13-14-28-20)22(27)18-7-10-21(24-15-18)25-11-3-1-2-4-12-25/h5-10,15,20H,1-4,11-14,16H2/t20-/m0/s1. The maximum atomic E-state index is 13.0. The van der Waals surface area contributed by atoms with Crippen LogP contribution in [-0.2, 0) is 4.74 Å². The first-order valence-electron chi connectivity index (χ1n) is 10.1. The number of amides is 1. The Morgan fingerprint density at radius 1 is 1.00 bits per heavy atom. The van der Waals surface area contributed by atoms with Crippen LogP contribution in [0.1, 0.15) is 47.7 Å². The fourth-order valence-electron chi connectivity index (χ4n) is 3.89. The van der Waals surface area contributed by atoms with Gasteiger partial charge in [-0.25, -0.2) is 4.98 Å². The molecule has 1 atom stereocenters. The maximum absolute atomic E-state index is 13.0. The third kappa shape index (κ3) is 4.47. The number of halogens is 1. The van der Waals surface area contributed by atoms with E-state index < -0.39 is 0 Å². The van der Waals surface area contributed by atoms with E-state index in [0.717, 1.165) is 24.5 Å². The van der Waals surface area contributed by atoms with Gasteiger partial charge in [0.15, 0.2) is 0 Å². The molecule has 6 heteroatoms. The minimum absolute atomic E-state index is 0.0113. The van der Waals surface area contributed by atoms with Crippen LogP contribution in [0.4, 0.5) is 5.82 Å². The zero-order chi connectivity index (χ0) is 19.3. The van der Waals surface area contributed by atoms with Gasteiger partial charge in [-0.3, -0.25) is 4.79 Å². The zero-order valence-corrected chi connectivity index (χ0v) is 16.8. The highest BCUT2D eigenvalue weighted by Gasteiger charge is 2.26. The van der Waals surface area contributed by atoms with Crippen LogP contribution in [0.5, 0.6) is 0 Å². The molecule has 2 aliphatic heterocycles. The van der Waals surface area contributed by atoms with Crippen molar-refractivity contribution in [2.45, 2.75) is 31.8 Å². The van der Waals surface area contributed by atoms with Gasteiger partial charge in [-0.05, 0) is 42.7 Å². The van der Waals surface area contributed by atoms with Gasteiger partial charge in [0.2, 0.25) is 0 Å². The van der Waals surface area contributed by atoms with E-state index in [2.05, 4.69) is 9.88 Å². The highest BCUT2D eigenvalue weighted by molar-refractivity contribution is 6.30. The van der Waals surface area contributed by atoms with Crippen LogP contribution in [0.15, 0.2) is 42.6 Å². The van der Waals surface area contributed by atoms with Crippen molar-refractivity contribution in [3.63, 3.8) is 0 Å². The first-order valence-corrected chi connectivity index (χ1v) is 10.5. The number of hydrogen-bond donors (Lipinski definition) is 0. The summed E-state index contributed by atoms with van der Waals surface area (Å²) in [7, 11) is 0. The van der Waals surface area contributed by atoms with Crippen molar-refractivity contribution < 1.29 is 9.53 Å². The van der Waals surface area contributed by atoms with Crippen LogP contribution < -0.4 is 4.90 Å². The van der Waals surface area contributed by atoms with E-state index in [1.807, 2.05) is 41.3 Å². The number of carbonyl (C=O) groups is 1. The highest BCUT2D eigenvalue weighted by Crippen LogP contribution is 2.25. The quantitative estimate of drug-likeness (QED) is 0.770. The van der Waals surface area contributed by atoms with E-state index in [1.165, 1.54) is 25.7 Å². The molecule has 3 heterocycles. The van der Waals surface area contributed by atoms with E-state index in [-0.39, 0.29) is 12.0 Å². The molecule has 2 saturated heterocycles. The van der Waals surface area contributed by atoms with Gasteiger partial charge in [0.1, 0.15) is 11.9 Å². The second kappa shape index (κ2) is 8.93. The van der Waals surface area contributed by atoms with Gasteiger partial charge in [-0.1, -0.05) is 36.6 Å². The molecule has 2 aromatic rings. The first kappa shape index (κ1) is 19.2. The average Bonchev–Trinajstić information content (AvgIpc) is 3.04. The van der Waals surface area contributed by atoms with Crippen molar-refractivity contribution in [3.05, 3.63) is 58.7 Å². The molecule has 148 valence electrons. The molecule has 1 aromatic heterocycles. The summed E-state index contributed by atoms with van der Waals surface area (Å²) in [5, 5.41) is 0.697. The van der Waals surface area contributed by atoms with Crippen LogP contribution in [0, 0.1) is 0 Å². The summed E-state index contributed by atoms with van der Waals surface area (Å²) in [5.74, 6) is 0.983. The van der Waals surface area contributed by atoms with Gasteiger partial charge in [0, 0.05) is 30.9 Å². The Kier molecular flexibility index (Phi) is 6.13. The fraction of sp³-hybridized carbons (Fsp3) is 0.455. The largest absolute Gasteiger partial charge is 0.370 e. The number of anilines is 1. The number of aromatic nitrogens is 1. The molecule has 1 amide bonds. The van der Waals surface area contributed by atoms with Gasteiger partial charge < -0.3 is 14.5 Å². The number of carbonyl (C=O) groups excluding carboxylic acids is 1. The highest BCUT2D eigenvalue weighted by atomic mass is 35.5. The van der Waals surface area contributed by atoms with E-state index in [0.29, 0.717) is 30.3 Å². The van der Waals surface area contributed by atoms with Gasteiger partial charge in [-0.2, -0.15) is 0 Å². The summed E-state index contributed by atoms with van der Waals surface area (Å²) in [6.07, 6.45) is 6.59. The zero-order valence-electron chi connectivity index (χ0n) is 16.0. The molecule has 0 radical (unpaired) electrons. The Labute approximate surface area is 171 Å². The molecule has 5 nitrogen and oxygen atoms in total. The minimum atomic E-state index is -0.126. The molecule has 2 aliphatic rings. The number of benzene rings is 1. The van der Waals surface area contributed by atoms with Crippen molar-refractivity contribution in [2.24, 2.45) is 0 Å². The smallest absolute Gasteiger partial charge is 0.255 e. The average molecular weight is 400 g/mol.